The molecule has 2 aromatic rings. The van der Waals surface area contributed by atoms with E-state index in [0.29, 0.717) is 27.3 Å². The molecule has 3 amide bonds. The number of rotatable bonds is 5. The number of hydrogen-bond acceptors (Lipinski definition) is 5. The van der Waals surface area contributed by atoms with Crippen molar-refractivity contribution in [2.75, 3.05) is 16.8 Å². The molecule has 172 valence electrons. The second kappa shape index (κ2) is 9.53. The molecule has 0 bridgehead atoms. The summed E-state index contributed by atoms with van der Waals surface area (Å²) in [6.07, 6.45) is 2.38. The largest absolute Gasteiger partial charge is 0.452 e. The van der Waals surface area contributed by atoms with Gasteiger partial charge in [-0.25, -0.2) is 4.79 Å². The molecule has 0 aromatic heterocycles. The smallest absolute Gasteiger partial charge is 0.338 e. The Morgan fingerprint density at radius 3 is 2.45 bits per heavy atom. The van der Waals surface area contributed by atoms with Gasteiger partial charge in [0.1, 0.15) is 0 Å². The number of nitrogens with zero attached hydrogens (tertiary/aromatic N) is 1. The Kier molecular flexibility index (Phi) is 6.72. The molecule has 9 heteroatoms. The fraction of sp³-hybridized carbons (Fsp3) is 0.333. The molecule has 1 saturated heterocycles. The van der Waals surface area contributed by atoms with Gasteiger partial charge in [0.05, 0.1) is 33.8 Å². The number of hydrogen-bond donors (Lipinski definition) is 1. The Morgan fingerprint density at radius 1 is 1.03 bits per heavy atom. The Bertz CT molecular complexity index is 1120. The summed E-state index contributed by atoms with van der Waals surface area (Å²) >= 11 is 11.9. The van der Waals surface area contributed by atoms with E-state index in [2.05, 4.69) is 12.2 Å². The summed E-state index contributed by atoms with van der Waals surface area (Å²) in [6.45, 7) is 1.58. The van der Waals surface area contributed by atoms with Crippen molar-refractivity contribution in [3.63, 3.8) is 0 Å². The fourth-order valence-electron chi connectivity index (χ4n) is 4.38. The summed E-state index contributed by atoms with van der Waals surface area (Å²) in [5.74, 6) is -1.74. The fourth-order valence-corrected chi connectivity index (χ4v) is 4.72. The van der Waals surface area contributed by atoms with Gasteiger partial charge in [0.15, 0.2) is 6.61 Å². The van der Waals surface area contributed by atoms with Crippen LogP contribution in [0.3, 0.4) is 0 Å². The van der Waals surface area contributed by atoms with Crippen molar-refractivity contribution in [3.8, 4) is 0 Å². The number of nitrogens with one attached hydrogen (secondary N) is 1. The van der Waals surface area contributed by atoms with E-state index in [1.165, 1.54) is 23.1 Å². The van der Waals surface area contributed by atoms with Crippen molar-refractivity contribution >= 4 is 58.3 Å². The minimum absolute atomic E-state index is 0.177. The Morgan fingerprint density at radius 2 is 1.73 bits per heavy atom. The van der Waals surface area contributed by atoms with Crippen LogP contribution in [0.5, 0.6) is 0 Å². The number of benzene rings is 2. The van der Waals surface area contributed by atoms with Crippen LogP contribution in [0.2, 0.25) is 10.0 Å². The Hall–Kier alpha value is -2.90. The lowest BCUT2D eigenvalue weighted by Gasteiger charge is -2.25. The molecular weight excluding hydrogens is 467 g/mol. The first-order chi connectivity index (χ1) is 15.7. The van der Waals surface area contributed by atoms with E-state index in [9.17, 15) is 19.2 Å². The molecule has 1 N–H and O–H groups in total. The molecule has 4 rings (SSSR count). The van der Waals surface area contributed by atoms with Gasteiger partial charge in [-0.05, 0) is 67.6 Å². The van der Waals surface area contributed by atoms with E-state index >= 15 is 0 Å². The van der Waals surface area contributed by atoms with E-state index in [1.807, 2.05) is 0 Å². The van der Waals surface area contributed by atoms with Gasteiger partial charge < -0.3 is 10.1 Å². The summed E-state index contributed by atoms with van der Waals surface area (Å²) < 4.78 is 5.05. The van der Waals surface area contributed by atoms with Gasteiger partial charge in [-0.1, -0.05) is 30.1 Å². The number of imide groups is 1. The Balaban J connectivity index is 1.36. The highest BCUT2D eigenvalue weighted by Gasteiger charge is 2.49. The average Bonchev–Trinajstić information content (AvgIpc) is 3.04. The van der Waals surface area contributed by atoms with Crippen molar-refractivity contribution in [2.24, 2.45) is 17.8 Å². The van der Waals surface area contributed by atoms with Crippen LogP contribution >= 0.6 is 23.2 Å². The zero-order valence-electron chi connectivity index (χ0n) is 17.8. The topological polar surface area (TPSA) is 92.8 Å². The highest BCUT2D eigenvalue weighted by Crippen LogP contribution is 2.42. The second-order valence-corrected chi connectivity index (χ2v) is 9.28. The highest BCUT2D eigenvalue weighted by molar-refractivity contribution is 6.35. The standard InChI is InChI=1S/C24H22Cl2N2O5/c1-13-2-8-17-18(10-13)23(31)28(22(17)30)16-6-3-14(4-7-16)24(32)33-12-21(29)27-20-11-15(25)5-9-19(20)26/h3-7,9,11,13,17-18H,2,8,10,12H2,1H3,(H,27,29)/t13-,17-,18+/m1/s1. The molecule has 2 fully saturated rings. The van der Waals surface area contributed by atoms with Gasteiger partial charge in [0.25, 0.3) is 5.91 Å². The highest BCUT2D eigenvalue weighted by atomic mass is 35.5. The summed E-state index contributed by atoms with van der Waals surface area (Å²) in [4.78, 5) is 51.3. The Labute approximate surface area is 201 Å². The molecule has 7 nitrogen and oxygen atoms in total. The number of carbonyl (C=O) groups excluding carboxylic acids is 4. The molecule has 33 heavy (non-hydrogen) atoms. The molecule has 1 heterocycles. The SMILES string of the molecule is C[C@@H]1CC[C@H]2C(=O)N(c3ccc(C(=O)OCC(=O)Nc4cc(Cl)ccc4Cl)cc3)C(=O)[C@H]2C1. The van der Waals surface area contributed by atoms with Crippen LogP contribution in [0, 0.1) is 17.8 Å². The molecule has 1 aliphatic heterocycles. The van der Waals surface area contributed by atoms with Crippen LogP contribution in [0.25, 0.3) is 0 Å². The summed E-state index contributed by atoms with van der Waals surface area (Å²) in [6, 6.07) is 10.6. The molecule has 0 unspecified atom stereocenters. The van der Waals surface area contributed by atoms with Gasteiger partial charge >= 0.3 is 5.97 Å². The van der Waals surface area contributed by atoms with Crippen LogP contribution in [0.4, 0.5) is 11.4 Å². The predicted molar refractivity (Wildman–Crippen MR) is 124 cm³/mol. The van der Waals surface area contributed by atoms with Gasteiger partial charge in [-0.15, -0.1) is 0 Å². The lowest BCUT2D eigenvalue weighted by atomic mass is 9.76. The monoisotopic (exact) mass is 488 g/mol. The third-order valence-corrected chi connectivity index (χ3v) is 6.65. The van der Waals surface area contributed by atoms with Gasteiger partial charge in [-0.2, -0.15) is 0 Å². The minimum Gasteiger partial charge on any atom is -0.452 e. The summed E-state index contributed by atoms with van der Waals surface area (Å²) in [7, 11) is 0. The quantitative estimate of drug-likeness (QED) is 0.485. The number of halogens is 2. The number of fused-ring (bicyclic) bond motifs is 1. The molecule has 0 radical (unpaired) electrons. The zero-order chi connectivity index (χ0) is 23.7. The second-order valence-electron chi connectivity index (χ2n) is 8.44. The molecule has 2 aromatic carbocycles. The van der Waals surface area contributed by atoms with E-state index in [-0.39, 0.29) is 29.2 Å². The average molecular weight is 489 g/mol. The van der Waals surface area contributed by atoms with Crippen LogP contribution < -0.4 is 10.2 Å². The minimum atomic E-state index is -0.713. The van der Waals surface area contributed by atoms with Gasteiger partial charge in [0.2, 0.25) is 11.8 Å². The molecule has 2 aliphatic rings. The summed E-state index contributed by atoms with van der Waals surface area (Å²) in [5, 5.41) is 3.23. The third-order valence-electron chi connectivity index (χ3n) is 6.09. The number of anilines is 2. The first-order valence-electron chi connectivity index (χ1n) is 10.6. The molecule has 0 spiro atoms. The first-order valence-corrected chi connectivity index (χ1v) is 11.4. The molecular formula is C24H22Cl2N2O5. The van der Waals surface area contributed by atoms with Crippen molar-refractivity contribution in [1.82, 2.24) is 0 Å². The maximum absolute atomic E-state index is 12.8. The van der Waals surface area contributed by atoms with E-state index in [0.717, 1.165) is 19.3 Å². The number of amides is 3. The van der Waals surface area contributed by atoms with Crippen LogP contribution in [0.15, 0.2) is 42.5 Å². The lowest BCUT2D eigenvalue weighted by Crippen LogP contribution is -2.30. The lowest BCUT2D eigenvalue weighted by molar-refractivity contribution is -0.122. The molecule has 1 aliphatic carbocycles. The van der Waals surface area contributed by atoms with E-state index in [1.54, 1.807) is 24.3 Å². The normalized spacial score (nSPS) is 22.2. The third kappa shape index (κ3) is 4.89. The van der Waals surface area contributed by atoms with E-state index < -0.39 is 18.5 Å². The maximum Gasteiger partial charge on any atom is 0.338 e. The van der Waals surface area contributed by atoms with Gasteiger partial charge in [-0.3, -0.25) is 19.3 Å². The van der Waals surface area contributed by atoms with Crippen molar-refractivity contribution in [1.29, 1.82) is 0 Å². The van der Waals surface area contributed by atoms with Gasteiger partial charge in [0, 0.05) is 5.02 Å². The first kappa shape index (κ1) is 23.3. The number of esters is 1. The predicted octanol–water partition coefficient (Wildman–Crippen LogP) is 4.71. The zero-order valence-corrected chi connectivity index (χ0v) is 19.4. The molecule has 3 atom stereocenters. The number of ether oxygens (including phenoxy) is 1. The van der Waals surface area contributed by atoms with E-state index in [4.69, 9.17) is 27.9 Å². The van der Waals surface area contributed by atoms with Crippen molar-refractivity contribution in [3.05, 3.63) is 58.1 Å². The van der Waals surface area contributed by atoms with Crippen molar-refractivity contribution < 1.29 is 23.9 Å². The van der Waals surface area contributed by atoms with Crippen LogP contribution in [-0.2, 0) is 19.1 Å². The number of carbonyl (C=O) groups is 4. The maximum atomic E-state index is 12.8. The van der Waals surface area contributed by atoms with Crippen LogP contribution in [0.1, 0.15) is 36.5 Å². The summed E-state index contributed by atoms with van der Waals surface area (Å²) in [5.41, 5.74) is 0.930. The molecule has 1 saturated carbocycles. The van der Waals surface area contributed by atoms with Crippen LogP contribution in [-0.4, -0.2) is 30.3 Å². The van der Waals surface area contributed by atoms with Crippen molar-refractivity contribution in [2.45, 2.75) is 26.2 Å².